The van der Waals surface area contributed by atoms with Crippen molar-refractivity contribution >= 4 is 28.5 Å². The van der Waals surface area contributed by atoms with Gasteiger partial charge in [0.2, 0.25) is 0 Å². The van der Waals surface area contributed by atoms with Crippen molar-refractivity contribution in [3.63, 3.8) is 0 Å². The van der Waals surface area contributed by atoms with Crippen LogP contribution in [0.3, 0.4) is 0 Å². The van der Waals surface area contributed by atoms with Crippen LogP contribution in [0.4, 0.5) is 23.4 Å². The van der Waals surface area contributed by atoms with Gasteiger partial charge in [-0.3, -0.25) is 4.90 Å². The molecule has 2 aromatic heterocycles. The van der Waals surface area contributed by atoms with Gasteiger partial charge in [-0.05, 0) is 38.1 Å². The molecule has 1 aliphatic rings. The number of hydrogen-bond acceptors (Lipinski definition) is 4. The molecule has 0 saturated carbocycles. The van der Waals surface area contributed by atoms with Crippen LogP contribution in [0, 0.1) is 12.7 Å². The predicted octanol–water partition coefficient (Wildman–Crippen LogP) is 4.76. The van der Waals surface area contributed by atoms with Crippen molar-refractivity contribution in [2.24, 2.45) is 0 Å². The van der Waals surface area contributed by atoms with E-state index in [0.29, 0.717) is 24.4 Å². The molecule has 1 fully saturated rings. The van der Waals surface area contributed by atoms with Crippen LogP contribution in [0.5, 0.6) is 0 Å². The third-order valence-corrected chi connectivity index (χ3v) is 5.86. The minimum Gasteiger partial charge on any atom is -0.353 e. The number of aromatic nitrogens is 3. The van der Waals surface area contributed by atoms with Gasteiger partial charge in [0.1, 0.15) is 17.5 Å². The number of hydrogen-bond donors (Lipinski definition) is 0. The minimum atomic E-state index is -4.46. The van der Waals surface area contributed by atoms with E-state index in [2.05, 4.69) is 19.4 Å². The summed E-state index contributed by atoms with van der Waals surface area (Å²) in [5.74, 6) is 0.952. The summed E-state index contributed by atoms with van der Waals surface area (Å²) in [4.78, 5) is 12.6. The van der Waals surface area contributed by atoms with E-state index < -0.39 is 11.7 Å². The molecule has 1 saturated heterocycles. The van der Waals surface area contributed by atoms with Crippen molar-refractivity contribution in [2.45, 2.75) is 26.1 Å². The Bertz CT molecular complexity index is 1070. The summed E-state index contributed by atoms with van der Waals surface area (Å²) >= 11 is 6.07. The molecular formula is C21H22ClF4N5. The molecule has 0 N–H and O–H groups in total. The van der Waals surface area contributed by atoms with E-state index in [9.17, 15) is 17.6 Å². The first-order valence-corrected chi connectivity index (χ1v) is 10.4. The Morgan fingerprint density at radius 3 is 2.48 bits per heavy atom. The van der Waals surface area contributed by atoms with Crippen LogP contribution in [0.1, 0.15) is 17.8 Å². The second kappa shape index (κ2) is 8.63. The number of alkyl halides is 3. The number of halogens is 5. The summed E-state index contributed by atoms with van der Waals surface area (Å²) in [6.45, 7) is 6.40. The van der Waals surface area contributed by atoms with E-state index in [1.165, 1.54) is 12.1 Å². The number of piperazine rings is 1. The first kappa shape index (κ1) is 21.8. The average Bonchev–Trinajstić information content (AvgIpc) is 3.02. The van der Waals surface area contributed by atoms with Crippen molar-refractivity contribution in [1.82, 2.24) is 19.4 Å². The Kier molecular flexibility index (Phi) is 6.07. The fourth-order valence-electron chi connectivity index (χ4n) is 3.96. The molecule has 0 atom stereocenters. The van der Waals surface area contributed by atoms with Gasteiger partial charge in [-0.15, -0.1) is 0 Å². The van der Waals surface area contributed by atoms with Gasteiger partial charge >= 0.3 is 6.18 Å². The normalized spacial score (nSPS) is 15.7. The number of rotatable bonds is 5. The zero-order valence-electron chi connectivity index (χ0n) is 17.0. The van der Waals surface area contributed by atoms with E-state index in [0.717, 1.165) is 56.2 Å². The van der Waals surface area contributed by atoms with Crippen molar-refractivity contribution in [2.75, 3.05) is 37.6 Å². The van der Waals surface area contributed by atoms with Crippen molar-refractivity contribution in [3.05, 3.63) is 52.7 Å². The van der Waals surface area contributed by atoms with E-state index in [1.54, 1.807) is 6.07 Å². The summed E-state index contributed by atoms with van der Waals surface area (Å²) in [6.07, 6.45) is -2.72. The van der Waals surface area contributed by atoms with Crippen LogP contribution in [-0.4, -0.2) is 52.2 Å². The molecule has 0 bridgehead atoms. The van der Waals surface area contributed by atoms with Crippen molar-refractivity contribution in [3.8, 4) is 0 Å². The molecule has 0 spiro atoms. The fourth-order valence-corrected chi connectivity index (χ4v) is 4.25. The third-order valence-electron chi connectivity index (χ3n) is 5.58. The van der Waals surface area contributed by atoms with Crippen molar-refractivity contribution in [1.29, 1.82) is 0 Å². The number of aryl methyl sites for hydroxylation is 2. The number of pyridine rings is 1. The lowest BCUT2D eigenvalue weighted by atomic mass is 10.2. The average molecular weight is 456 g/mol. The van der Waals surface area contributed by atoms with Gasteiger partial charge in [0.15, 0.2) is 0 Å². The second-order valence-electron chi connectivity index (χ2n) is 7.65. The lowest BCUT2D eigenvalue weighted by Crippen LogP contribution is -2.47. The Balaban J connectivity index is 1.31. The van der Waals surface area contributed by atoms with E-state index in [1.807, 2.05) is 11.8 Å². The topological polar surface area (TPSA) is 37.2 Å². The molecule has 0 aliphatic carbocycles. The molecule has 3 aromatic rings. The maximum atomic E-state index is 13.4. The van der Waals surface area contributed by atoms with Gasteiger partial charge in [0.25, 0.3) is 0 Å². The molecule has 3 heterocycles. The Labute approximate surface area is 182 Å². The summed E-state index contributed by atoms with van der Waals surface area (Å²) in [7, 11) is 0. The number of imidazole rings is 1. The van der Waals surface area contributed by atoms with Gasteiger partial charge < -0.3 is 9.47 Å². The summed E-state index contributed by atoms with van der Waals surface area (Å²) in [5, 5.41) is 0.0159. The van der Waals surface area contributed by atoms with E-state index >= 15 is 0 Å². The van der Waals surface area contributed by atoms with Crippen molar-refractivity contribution < 1.29 is 17.6 Å². The first-order valence-electron chi connectivity index (χ1n) is 10.0. The van der Waals surface area contributed by atoms with Gasteiger partial charge in [0.05, 0.1) is 21.6 Å². The van der Waals surface area contributed by atoms with E-state index in [4.69, 9.17) is 11.6 Å². The van der Waals surface area contributed by atoms with Crippen LogP contribution in [-0.2, 0) is 12.7 Å². The number of anilines is 1. The maximum absolute atomic E-state index is 13.4. The van der Waals surface area contributed by atoms with Crippen LogP contribution in [0.15, 0.2) is 30.5 Å². The highest BCUT2D eigenvalue weighted by molar-refractivity contribution is 6.33. The molecule has 1 aliphatic heterocycles. The molecule has 10 heteroatoms. The van der Waals surface area contributed by atoms with Gasteiger partial charge in [-0.25, -0.2) is 14.4 Å². The zero-order valence-corrected chi connectivity index (χ0v) is 17.7. The van der Waals surface area contributed by atoms with E-state index in [-0.39, 0.29) is 10.8 Å². The van der Waals surface area contributed by atoms with Crippen LogP contribution in [0.2, 0.25) is 5.02 Å². The Morgan fingerprint density at radius 1 is 1.06 bits per heavy atom. The van der Waals surface area contributed by atoms with Gasteiger partial charge in [-0.2, -0.15) is 13.2 Å². The molecule has 31 heavy (non-hydrogen) atoms. The minimum absolute atomic E-state index is 0.0159. The highest BCUT2D eigenvalue weighted by atomic mass is 35.5. The molecule has 1 aromatic carbocycles. The monoisotopic (exact) mass is 455 g/mol. The smallest absolute Gasteiger partial charge is 0.353 e. The Hall–Kier alpha value is -2.39. The zero-order chi connectivity index (χ0) is 22.2. The number of fused-ring (bicyclic) bond motifs is 1. The number of nitrogens with zero attached hydrogens (tertiary/aromatic N) is 5. The molecule has 166 valence electrons. The SMILES string of the molecule is Cc1nc2cc(F)ccc2n1CCCN1CCN(c2ncc(C(F)(F)F)cc2Cl)CC1. The third kappa shape index (κ3) is 4.77. The Morgan fingerprint density at radius 2 is 1.81 bits per heavy atom. The standard InChI is InChI=1S/C21H22ClF4N5/c1-14-28-18-12-16(23)3-4-19(18)31(14)6-2-5-29-7-9-30(10-8-29)20-17(22)11-15(13-27-20)21(24,25)26/h3-4,11-13H,2,5-10H2,1H3. The maximum Gasteiger partial charge on any atom is 0.417 e. The van der Waals surface area contributed by atoms with Crippen LogP contribution < -0.4 is 4.90 Å². The predicted molar refractivity (Wildman–Crippen MR) is 112 cm³/mol. The second-order valence-corrected chi connectivity index (χ2v) is 8.06. The lowest BCUT2D eigenvalue weighted by molar-refractivity contribution is -0.137. The largest absolute Gasteiger partial charge is 0.417 e. The van der Waals surface area contributed by atoms with Crippen LogP contribution in [0.25, 0.3) is 11.0 Å². The highest BCUT2D eigenvalue weighted by Gasteiger charge is 2.32. The molecule has 4 rings (SSSR count). The van der Waals surface area contributed by atoms with Gasteiger partial charge in [-0.1, -0.05) is 11.6 Å². The van der Waals surface area contributed by atoms with Crippen LogP contribution >= 0.6 is 11.6 Å². The molecule has 0 radical (unpaired) electrons. The summed E-state index contributed by atoms with van der Waals surface area (Å²) < 4.78 is 53.9. The van der Waals surface area contributed by atoms with Gasteiger partial charge in [0, 0.05) is 45.0 Å². The first-order chi connectivity index (χ1) is 14.7. The lowest BCUT2D eigenvalue weighted by Gasteiger charge is -2.35. The molecule has 0 amide bonds. The molecular weight excluding hydrogens is 434 g/mol. The number of benzene rings is 1. The quantitative estimate of drug-likeness (QED) is 0.520. The molecule has 5 nitrogen and oxygen atoms in total. The highest BCUT2D eigenvalue weighted by Crippen LogP contribution is 2.33. The molecule has 0 unspecified atom stereocenters. The summed E-state index contributed by atoms with van der Waals surface area (Å²) in [5.41, 5.74) is 0.740. The summed E-state index contributed by atoms with van der Waals surface area (Å²) in [6, 6.07) is 5.57. The fraction of sp³-hybridized carbons (Fsp3) is 0.429.